The van der Waals surface area contributed by atoms with Gasteiger partial charge in [-0.05, 0) is 36.6 Å². The molecule has 2 aromatic rings. The monoisotopic (exact) mass is 350 g/mol. The SMILES string of the molecule is O=S(=O)(c1cccnc1)N1CC[C@@H](O)[C@H](Cc2ccccc2F)C1. The number of sulfonamides is 1. The molecule has 128 valence electrons. The third kappa shape index (κ3) is 3.48. The van der Waals surface area contributed by atoms with E-state index in [9.17, 15) is 17.9 Å². The summed E-state index contributed by atoms with van der Waals surface area (Å²) in [5.41, 5.74) is 0.488. The molecule has 3 rings (SSSR count). The van der Waals surface area contributed by atoms with Gasteiger partial charge in [-0.1, -0.05) is 18.2 Å². The maximum Gasteiger partial charge on any atom is 0.244 e. The molecule has 5 nitrogen and oxygen atoms in total. The van der Waals surface area contributed by atoms with Gasteiger partial charge in [0.25, 0.3) is 0 Å². The largest absolute Gasteiger partial charge is 0.393 e. The predicted molar refractivity (Wildman–Crippen MR) is 87.2 cm³/mol. The summed E-state index contributed by atoms with van der Waals surface area (Å²) < 4.78 is 40.6. The van der Waals surface area contributed by atoms with E-state index in [1.165, 1.54) is 28.8 Å². The molecule has 0 spiro atoms. The first-order chi connectivity index (χ1) is 11.5. The van der Waals surface area contributed by atoms with Crippen molar-refractivity contribution in [3.05, 3.63) is 60.2 Å². The van der Waals surface area contributed by atoms with Crippen molar-refractivity contribution >= 4 is 10.0 Å². The summed E-state index contributed by atoms with van der Waals surface area (Å²) in [7, 11) is -3.65. The van der Waals surface area contributed by atoms with Gasteiger partial charge >= 0.3 is 0 Å². The Morgan fingerprint density at radius 1 is 1.25 bits per heavy atom. The number of benzene rings is 1. The predicted octanol–water partition coefficient (Wildman–Crippen LogP) is 1.83. The molecule has 0 radical (unpaired) electrons. The molecule has 1 saturated heterocycles. The lowest BCUT2D eigenvalue weighted by Crippen LogP contribution is -2.46. The number of halogens is 1. The number of aromatic nitrogens is 1. The van der Waals surface area contributed by atoms with Crippen LogP contribution in [0.3, 0.4) is 0 Å². The molecule has 1 N–H and O–H groups in total. The summed E-state index contributed by atoms with van der Waals surface area (Å²) in [4.78, 5) is 3.98. The van der Waals surface area contributed by atoms with Crippen LogP contribution in [-0.2, 0) is 16.4 Å². The third-order valence-corrected chi connectivity index (χ3v) is 6.22. The second-order valence-corrected chi connectivity index (χ2v) is 7.90. The minimum atomic E-state index is -3.65. The average molecular weight is 350 g/mol. The highest BCUT2D eigenvalue weighted by Gasteiger charge is 2.35. The van der Waals surface area contributed by atoms with E-state index in [-0.39, 0.29) is 29.7 Å². The summed E-state index contributed by atoms with van der Waals surface area (Å²) in [6, 6.07) is 9.44. The van der Waals surface area contributed by atoms with Gasteiger partial charge in [0.05, 0.1) is 6.10 Å². The van der Waals surface area contributed by atoms with E-state index >= 15 is 0 Å². The molecule has 7 heteroatoms. The van der Waals surface area contributed by atoms with Crippen molar-refractivity contribution in [1.29, 1.82) is 0 Å². The van der Waals surface area contributed by atoms with E-state index in [2.05, 4.69) is 4.98 Å². The molecule has 0 unspecified atom stereocenters. The van der Waals surface area contributed by atoms with Crippen molar-refractivity contribution in [1.82, 2.24) is 9.29 Å². The van der Waals surface area contributed by atoms with Crippen LogP contribution in [0, 0.1) is 11.7 Å². The Balaban J connectivity index is 1.80. The molecule has 2 heterocycles. The third-order valence-electron chi connectivity index (χ3n) is 4.37. The van der Waals surface area contributed by atoms with Gasteiger partial charge in [-0.15, -0.1) is 0 Å². The van der Waals surface area contributed by atoms with Crippen molar-refractivity contribution < 1.29 is 17.9 Å². The Hall–Kier alpha value is -1.83. The summed E-state index contributed by atoms with van der Waals surface area (Å²) in [5.74, 6) is -0.681. The van der Waals surface area contributed by atoms with Crippen LogP contribution < -0.4 is 0 Å². The van der Waals surface area contributed by atoms with Crippen LogP contribution in [-0.4, -0.2) is 42.0 Å². The zero-order valence-electron chi connectivity index (χ0n) is 13.0. The smallest absolute Gasteiger partial charge is 0.244 e. The number of piperidine rings is 1. The van der Waals surface area contributed by atoms with Gasteiger partial charge in [-0.2, -0.15) is 4.31 Å². The van der Waals surface area contributed by atoms with Gasteiger partial charge in [0.2, 0.25) is 10.0 Å². The fourth-order valence-corrected chi connectivity index (χ4v) is 4.48. The molecule has 0 aliphatic carbocycles. The van der Waals surface area contributed by atoms with E-state index in [0.717, 1.165) is 0 Å². The lowest BCUT2D eigenvalue weighted by molar-refractivity contribution is 0.0536. The maximum absolute atomic E-state index is 13.8. The molecule has 1 fully saturated rings. The molecule has 2 atom stereocenters. The molecule has 1 aromatic heterocycles. The number of aliphatic hydroxyl groups is 1. The highest BCUT2D eigenvalue weighted by molar-refractivity contribution is 7.89. The van der Waals surface area contributed by atoms with Crippen LogP contribution in [0.25, 0.3) is 0 Å². The summed E-state index contributed by atoms with van der Waals surface area (Å²) >= 11 is 0. The van der Waals surface area contributed by atoms with Gasteiger partial charge in [-0.25, -0.2) is 12.8 Å². The minimum Gasteiger partial charge on any atom is -0.393 e. The number of nitrogens with zero attached hydrogens (tertiary/aromatic N) is 2. The van der Waals surface area contributed by atoms with Crippen molar-refractivity contribution in [3.63, 3.8) is 0 Å². The number of aliphatic hydroxyl groups excluding tert-OH is 1. The first-order valence-electron chi connectivity index (χ1n) is 7.80. The molecular weight excluding hydrogens is 331 g/mol. The Kier molecular flexibility index (Phi) is 4.93. The normalized spacial score (nSPS) is 22.4. The van der Waals surface area contributed by atoms with Gasteiger partial charge < -0.3 is 5.11 Å². The second kappa shape index (κ2) is 6.96. The molecule has 0 amide bonds. The van der Waals surface area contributed by atoms with Crippen LogP contribution in [0.2, 0.25) is 0 Å². The zero-order chi connectivity index (χ0) is 17.2. The fraction of sp³-hybridized carbons (Fsp3) is 0.353. The zero-order valence-corrected chi connectivity index (χ0v) is 13.9. The van der Waals surface area contributed by atoms with E-state index in [4.69, 9.17) is 0 Å². The molecule has 1 aliphatic heterocycles. The quantitative estimate of drug-likeness (QED) is 0.913. The summed E-state index contributed by atoms with van der Waals surface area (Å²) in [5, 5.41) is 10.2. The lowest BCUT2D eigenvalue weighted by atomic mass is 9.89. The standard InChI is InChI=1S/C17H19FN2O3S/c18-16-6-2-1-4-13(16)10-14-12-20(9-7-17(14)21)24(22,23)15-5-3-8-19-11-15/h1-6,8,11,14,17,21H,7,9-10,12H2/t14-,17-/m1/s1. The van der Waals surface area contributed by atoms with Crippen LogP contribution in [0.4, 0.5) is 4.39 Å². The van der Waals surface area contributed by atoms with E-state index in [1.54, 1.807) is 24.3 Å². The highest BCUT2D eigenvalue weighted by atomic mass is 32.2. The second-order valence-electron chi connectivity index (χ2n) is 5.96. The topological polar surface area (TPSA) is 70.5 Å². The number of hydrogen-bond acceptors (Lipinski definition) is 4. The van der Waals surface area contributed by atoms with Crippen LogP contribution in [0.15, 0.2) is 53.7 Å². The Bertz CT molecular complexity index is 798. The molecular formula is C17H19FN2O3S. The Morgan fingerprint density at radius 2 is 2.04 bits per heavy atom. The van der Waals surface area contributed by atoms with Crippen LogP contribution in [0.5, 0.6) is 0 Å². The minimum absolute atomic E-state index is 0.131. The maximum atomic E-state index is 13.8. The lowest BCUT2D eigenvalue weighted by Gasteiger charge is -2.35. The first kappa shape index (κ1) is 17.0. The van der Waals surface area contributed by atoms with Crippen molar-refractivity contribution in [2.45, 2.75) is 23.8 Å². The highest BCUT2D eigenvalue weighted by Crippen LogP contribution is 2.26. The van der Waals surface area contributed by atoms with Crippen LogP contribution in [0.1, 0.15) is 12.0 Å². The van der Waals surface area contributed by atoms with Gasteiger partial charge in [-0.3, -0.25) is 4.98 Å². The molecule has 0 saturated carbocycles. The Labute approximate surface area is 140 Å². The molecule has 1 aliphatic rings. The average Bonchev–Trinajstić information content (AvgIpc) is 2.59. The summed E-state index contributed by atoms with van der Waals surface area (Å²) in [6.45, 7) is 0.402. The number of pyridine rings is 1. The van der Waals surface area contributed by atoms with E-state index in [0.29, 0.717) is 18.4 Å². The first-order valence-corrected chi connectivity index (χ1v) is 9.24. The molecule has 24 heavy (non-hydrogen) atoms. The number of hydrogen-bond donors (Lipinski definition) is 1. The molecule has 1 aromatic carbocycles. The van der Waals surface area contributed by atoms with E-state index < -0.39 is 16.1 Å². The van der Waals surface area contributed by atoms with Gasteiger partial charge in [0.1, 0.15) is 10.7 Å². The van der Waals surface area contributed by atoms with Crippen LogP contribution >= 0.6 is 0 Å². The number of rotatable bonds is 4. The Morgan fingerprint density at radius 3 is 2.75 bits per heavy atom. The van der Waals surface area contributed by atoms with Crippen molar-refractivity contribution in [2.24, 2.45) is 5.92 Å². The van der Waals surface area contributed by atoms with E-state index in [1.807, 2.05) is 0 Å². The van der Waals surface area contributed by atoms with Crippen molar-refractivity contribution in [2.75, 3.05) is 13.1 Å². The summed E-state index contributed by atoms with van der Waals surface area (Å²) in [6.07, 6.45) is 2.81. The fourth-order valence-electron chi connectivity index (χ4n) is 3.00. The molecule has 0 bridgehead atoms. The van der Waals surface area contributed by atoms with Gasteiger partial charge in [0.15, 0.2) is 0 Å². The van der Waals surface area contributed by atoms with Crippen molar-refractivity contribution in [3.8, 4) is 0 Å². The van der Waals surface area contributed by atoms with Gasteiger partial charge in [0, 0.05) is 31.4 Å².